The van der Waals surface area contributed by atoms with Gasteiger partial charge in [0.05, 0.1) is 0 Å². The second kappa shape index (κ2) is 5.67. The van der Waals surface area contributed by atoms with Crippen molar-refractivity contribution >= 4 is 35.1 Å². The lowest BCUT2D eigenvalue weighted by molar-refractivity contribution is -0.123. The van der Waals surface area contributed by atoms with Gasteiger partial charge in [0.1, 0.15) is 10.3 Å². The first-order valence-corrected chi connectivity index (χ1v) is 6.15. The van der Waals surface area contributed by atoms with E-state index in [2.05, 4.69) is 21.9 Å². The van der Waals surface area contributed by atoms with E-state index in [0.29, 0.717) is 12.0 Å². The van der Waals surface area contributed by atoms with Crippen LogP contribution in [0.3, 0.4) is 0 Å². The van der Waals surface area contributed by atoms with Crippen molar-refractivity contribution in [2.75, 3.05) is 5.32 Å². The van der Waals surface area contributed by atoms with E-state index in [-0.39, 0.29) is 22.2 Å². The maximum absolute atomic E-state index is 11.8. The van der Waals surface area contributed by atoms with Crippen LogP contribution in [0.1, 0.15) is 26.3 Å². The zero-order chi connectivity index (χ0) is 13.9. The first kappa shape index (κ1) is 14.9. The fraction of sp³-hybridized carbons (Fsp3) is 0.417. The average molecular weight is 288 g/mol. The maximum atomic E-state index is 11.8. The lowest BCUT2D eigenvalue weighted by atomic mass is 9.96. The Hall–Kier alpha value is -1.13. The summed E-state index contributed by atoms with van der Waals surface area (Å²) >= 11 is 12.0. The molecular formula is C12H15Cl2N3O. The van der Waals surface area contributed by atoms with Crippen molar-refractivity contribution in [1.82, 2.24) is 9.97 Å². The number of halogens is 2. The maximum Gasteiger partial charge on any atom is 0.232 e. The number of allylic oxidation sites excluding steroid dienone is 1. The highest BCUT2D eigenvalue weighted by atomic mass is 35.5. The fourth-order valence-corrected chi connectivity index (χ4v) is 1.63. The van der Waals surface area contributed by atoms with E-state index >= 15 is 0 Å². The Morgan fingerprint density at radius 1 is 1.33 bits per heavy atom. The van der Waals surface area contributed by atoms with Crippen LogP contribution in [0.4, 0.5) is 5.95 Å². The Morgan fingerprint density at radius 2 is 1.83 bits per heavy atom. The van der Waals surface area contributed by atoms with Crippen LogP contribution in [-0.4, -0.2) is 15.9 Å². The summed E-state index contributed by atoms with van der Waals surface area (Å²) < 4.78 is 0. The molecule has 1 aromatic rings. The quantitative estimate of drug-likeness (QED) is 0.684. The summed E-state index contributed by atoms with van der Waals surface area (Å²) in [7, 11) is 0. The first-order chi connectivity index (χ1) is 8.25. The van der Waals surface area contributed by atoms with Crippen LogP contribution in [0.25, 0.3) is 0 Å². The number of rotatable bonds is 3. The minimum atomic E-state index is -0.540. The van der Waals surface area contributed by atoms with Crippen LogP contribution in [0.2, 0.25) is 10.3 Å². The zero-order valence-electron chi connectivity index (χ0n) is 10.6. The number of amides is 1. The van der Waals surface area contributed by atoms with Gasteiger partial charge in [-0.2, -0.15) is 0 Å². The number of hydrogen-bond acceptors (Lipinski definition) is 3. The normalized spacial score (nSPS) is 11.2. The van der Waals surface area contributed by atoms with Gasteiger partial charge >= 0.3 is 0 Å². The van der Waals surface area contributed by atoms with Gasteiger partial charge in [0.15, 0.2) is 0 Å². The molecule has 0 unspecified atom stereocenters. The molecule has 0 aliphatic rings. The summed E-state index contributed by atoms with van der Waals surface area (Å²) in [5.74, 6) is -0.0937. The van der Waals surface area contributed by atoms with Gasteiger partial charge in [-0.3, -0.25) is 10.1 Å². The predicted octanol–water partition coefficient (Wildman–Crippen LogP) is 3.50. The summed E-state index contributed by atoms with van der Waals surface area (Å²) in [5, 5.41) is 3.02. The Balaban J connectivity index is 3.00. The number of carbonyl (C=O) groups excluding carboxylic acids is 1. The Bertz CT molecular complexity index is 458. The Morgan fingerprint density at radius 3 is 2.22 bits per heavy atom. The van der Waals surface area contributed by atoms with Gasteiger partial charge in [0.25, 0.3) is 0 Å². The van der Waals surface area contributed by atoms with E-state index in [1.807, 2.05) is 0 Å². The van der Waals surface area contributed by atoms with E-state index in [0.717, 1.165) is 0 Å². The molecule has 0 atom stereocenters. The number of nitrogens with zero attached hydrogens (tertiary/aromatic N) is 2. The second-order valence-corrected chi connectivity index (χ2v) is 5.52. The van der Waals surface area contributed by atoms with Crippen LogP contribution in [-0.2, 0) is 11.2 Å². The van der Waals surface area contributed by atoms with Crippen molar-refractivity contribution in [2.45, 2.75) is 27.2 Å². The molecule has 0 saturated heterocycles. The molecule has 1 aromatic heterocycles. The van der Waals surface area contributed by atoms with Crippen molar-refractivity contribution < 1.29 is 4.79 Å². The molecule has 0 bridgehead atoms. The van der Waals surface area contributed by atoms with Crippen molar-refractivity contribution in [3.05, 3.63) is 28.5 Å². The Kier molecular flexibility index (Phi) is 4.71. The predicted molar refractivity (Wildman–Crippen MR) is 74.0 cm³/mol. The highest BCUT2D eigenvalue weighted by molar-refractivity contribution is 6.34. The molecule has 98 valence electrons. The topological polar surface area (TPSA) is 54.9 Å². The number of anilines is 1. The summed E-state index contributed by atoms with van der Waals surface area (Å²) in [4.78, 5) is 19.8. The largest absolute Gasteiger partial charge is 0.294 e. The van der Waals surface area contributed by atoms with Gasteiger partial charge in [-0.15, -0.1) is 6.58 Å². The SMILES string of the molecule is C=CCc1c(Cl)nc(NC(=O)C(C)(C)C)nc1Cl. The molecule has 0 aromatic carbocycles. The van der Waals surface area contributed by atoms with Gasteiger partial charge in [-0.25, -0.2) is 9.97 Å². The van der Waals surface area contributed by atoms with Crippen LogP contribution in [0.15, 0.2) is 12.7 Å². The van der Waals surface area contributed by atoms with Crippen LogP contribution < -0.4 is 5.32 Å². The van der Waals surface area contributed by atoms with E-state index in [1.54, 1.807) is 26.8 Å². The van der Waals surface area contributed by atoms with E-state index in [4.69, 9.17) is 23.2 Å². The van der Waals surface area contributed by atoms with Gasteiger partial charge in [0, 0.05) is 11.0 Å². The van der Waals surface area contributed by atoms with Gasteiger partial charge in [0.2, 0.25) is 11.9 Å². The van der Waals surface area contributed by atoms with Crippen molar-refractivity contribution in [1.29, 1.82) is 0 Å². The van der Waals surface area contributed by atoms with E-state index < -0.39 is 5.41 Å². The number of carbonyl (C=O) groups is 1. The molecule has 4 nitrogen and oxygen atoms in total. The van der Waals surface area contributed by atoms with Crippen molar-refractivity contribution in [3.8, 4) is 0 Å². The zero-order valence-corrected chi connectivity index (χ0v) is 12.1. The van der Waals surface area contributed by atoms with Crippen molar-refractivity contribution in [3.63, 3.8) is 0 Å². The van der Waals surface area contributed by atoms with Crippen LogP contribution in [0.5, 0.6) is 0 Å². The third kappa shape index (κ3) is 3.68. The molecule has 0 fully saturated rings. The lowest BCUT2D eigenvalue weighted by Crippen LogP contribution is -2.28. The highest BCUT2D eigenvalue weighted by Gasteiger charge is 2.22. The summed E-state index contributed by atoms with van der Waals surface area (Å²) in [6, 6.07) is 0. The smallest absolute Gasteiger partial charge is 0.232 e. The fourth-order valence-electron chi connectivity index (χ4n) is 1.09. The number of nitrogens with one attached hydrogen (secondary N) is 1. The number of hydrogen-bond donors (Lipinski definition) is 1. The molecule has 0 spiro atoms. The van der Waals surface area contributed by atoms with Gasteiger partial charge in [-0.1, -0.05) is 50.0 Å². The summed E-state index contributed by atoms with van der Waals surface area (Å²) in [6.07, 6.45) is 2.13. The summed E-state index contributed by atoms with van der Waals surface area (Å²) in [5.41, 5.74) is 0.0596. The monoisotopic (exact) mass is 287 g/mol. The molecule has 18 heavy (non-hydrogen) atoms. The van der Waals surface area contributed by atoms with Crippen molar-refractivity contribution in [2.24, 2.45) is 5.41 Å². The molecular weight excluding hydrogens is 273 g/mol. The van der Waals surface area contributed by atoms with E-state index in [9.17, 15) is 4.79 Å². The molecule has 1 amide bonds. The van der Waals surface area contributed by atoms with Crippen LogP contribution in [0, 0.1) is 5.41 Å². The third-order valence-electron chi connectivity index (χ3n) is 2.16. The molecule has 1 rings (SSSR count). The highest BCUT2D eigenvalue weighted by Crippen LogP contribution is 2.24. The summed E-state index contributed by atoms with van der Waals surface area (Å²) in [6.45, 7) is 8.97. The average Bonchev–Trinajstić information content (AvgIpc) is 2.22. The molecule has 6 heteroatoms. The standard InChI is InChI=1S/C12H15Cl2N3O/c1-5-6-7-8(13)15-11(16-9(7)14)17-10(18)12(2,3)4/h5H,1,6H2,2-4H3,(H,15,16,17,18). The first-order valence-electron chi connectivity index (χ1n) is 5.40. The third-order valence-corrected chi connectivity index (χ3v) is 2.79. The second-order valence-electron chi connectivity index (χ2n) is 4.80. The molecule has 1 N–H and O–H groups in total. The number of aromatic nitrogens is 2. The minimum absolute atomic E-state index is 0.109. The molecule has 0 aliphatic carbocycles. The Labute approximate surface area is 116 Å². The molecule has 1 heterocycles. The molecule has 0 saturated carbocycles. The van der Waals surface area contributed by atoms with Crippen LogP contribution >= 0.6 is 23.2 Å². The minimum Gasteiger partial charge on any atom is -0.294 e. The molecule has 0 aliphatic heterocycles. The van der Waals surface area contributed by atoms with E-state index in [1.165, 1.54) is 0 Å². The van der Waals surface area contributed by atoms with Gasteiger partial charge < -0.3 is 0 Å². The van der Waals surface area contributed by atoms with Gasteiger partial charge in [-0.05, 0) is 6.42 Å². The lowest BCUT2D eigenvalue weighted by Gasteiger charge is -2.17. The molecule has 0 radical (unpaired) electrons.